The first kappa shape index (κ1) is 14.9. The van der Waals surface area contributed by atoms with Crippen molar-refractivity contribution in [3.05, 3.63) is 34.9 Å². The van der Waals surface area contributed by atoms with Crippen molar-refractivity contribution in [1.29, 1.82) is 0 Å². The molecule has 1 aromatic carbocycles. The van der Waals surface area contributed by atoms with Crippen LogP contribution in [0.3, 0.4) is 0 Å². The third-order valence-corrected chi connectivity index (χ3v) is 4.06. The topological polar surface area (TPSA) is 32.3 Å². The highest BCUT2D eigenvalue weighted by Crippen LogP contribution is 2.11. The Kier molecular flexibility index (Phi) is 5.45. The smallest absolute Gasteiger partial charge is 0.317 e. The molecule has 20 heavy (non-hydrogen) atoms. The molecule has 1 aromatic rings. The van der Waals surface area contributed by atoms with Crippen molar-refractivity contribution >= 4 is 6.03 Å². The number of rotatable bonds is 3. The third-order valence-electron chi connectivity index (χ3n) is 4.06. The summed E-state index contributed by atoms with van der Waals surface area (Å²) in [5.74, 6) is 0. The maximum absolute atomic E-state index is 12.1. The van der Waals surface area contributed by atoms with Gasteiger partial charge in [-0.05, 0) is 44.2 Å². The van der Waals surface area contributed by atoms with Crippen molar-refractivity contribution in [2.75, 3.05) is 19.6 Å². The molecular weight excluding hydrogens is 248 g/mol. The number of carbonyl (C=O) groups excluding carboxylic acids is 1. The summed E-state index contributed by atoms with van der Waals surface area (Å²) in [5.41, 5.74) is 3.93. The summed E-state index contributed by atoms with van der Waals surface area (Å²) in [5, 5.41) is 3.06. The SMILES string of the molecule is Cc1ccc(CCNC(=O)N2CCCCCC2)c(C)c1. The summed E-state index contributed by atoms with van der Waals surface area (Å²) in [6, 6.07) is 6.62. The molecule has 0 unspecified atom stereocenters. The maximum Gasteiger partial charge on any atom is 0.317 e. The van der Waals surface area contributed by atoms with Gasteiger partial charge in [-0.2, -0.15) is 0 Å². The lowest BCUT2D eigenvalue weighted by Crippen LogP contribution is -2.41. The van der Waals surface area contributed by atoms with E-state index in [1.807, 2.05) is 4.90 Å². The lowest BCUT2D eigenvalue weighted by molar-refractivity contribution is 0.200. The number of amides is 2. The van der Waals surface area contributed by atoms with Crippen LogP contribution in [0.4, 0.5) is 4.79 Å². The molecule has 2 rings (SSSR count). The molecule has 110 valence electrons. The summed E-state index contributed by atoms with van der Waals surface area (Å²) in [6.45, 7) is 6.79. The van der Waals surface area contributed by atoms with Gasteiger partial charge >= 0.3 is 6.03 Å². The van der Waals surface area contributed by atoms with Gasteiger partial charge in [-0.3, -0.25) is 0 Å². The molecule has 0 radical (unpaired) electrons. The second-order valence-corrected chi connectivity index (χ2v) is 5.81. The van der Waals surface area contributed by atoms with E-state index in [2.05, 4.69) is 37.4 Å². The molecule has 0 aliphatic carbocycles. The molecule has 2 amide bonds. The average molecular weight is 274 g/mol. The van der Waals surface area contributed by atoms with E-state index < -0.39 is 0 Å². The van der Waals surface area contributed by atoms with Gasteiger partial charge in [0.1, 0.15) is 0 Å². The quantitative estimate of drug-likeness (QED) is 0.900. The Labute approximate surface area is 122 Å². The molecule has 1 fully saturated rings. The minimum absolute atomic E-state index is 0.108. The number of carbonyl (C=O) groups is 1. The first-order chi connectivity index (χ1) is 9.66. The summed E-state index contributed by atoms with van der Waals surface area (Å²) in [6.07, 6.45) is 5.71. The van der Waals surface area contributed by atoms with Gasteiger partial charge in [-0.25, -0.2) is 4.79 Å². The van der Waals surface area contributed by atoms with E-state index in [9.17, 15) is 4.79 Å². The number of nitrogens with one attached hydrogen (secondary N) is 1. The van der Waals surface area contributed by atoms with Crippen LogP contribution < -0.4 is 5.32 Å². The monoisotopic (exact) mass is 274 g/mol. The van der Waals surface area contributed by atoms with Crippen LogP contribution in [0.15, 0.2) is 18.2 Å². The Morgan fingerprint density at radius 1 is 1.15 bits per heavy atom. The van der Waals surface area contributed by atoms with Crippen molar-refractivity contribution in [3.63, 3.8) is 0 Å². The lowest BCUT2D eigenvalue weighted by Gasteiger charge is -2.20. The van der Waals surface area contributed by atoms with Crippen LogP contribution in [0, 0.1) is 13.8 Å². The van der Waals surface area contributed by atoms with Gasteiger partial charge in [-0.1, -0.05) is 36.6 Å². The summed E-state index contributed by atoms with van der Waals surface area (Å²) < 4.78 is 0. The van der Waals surface area contributed by atoms with Gasteiger partial charge in [0.15, 0.2) is 0 Å². The van der Waals surface area contributed by atoms with Crippen LogP contribution in [0.25, 0.3) is 0 Å². The number of urea groups is 1. The highest BCUT2D eigenvalue weighted by molar-refractivity contribution is 5.74. The van der Waals surface area contributed by atoms with Crippen molar-refractivity contribution < 1.29 is 4.79 Å². The van der Waals surface area contributed by atoms with Gasteiger partial charge in [-0.15, -0.1) is 0 Å². The predicted molar refractivity (Wildman–Crippen MR) is 83.1 cm³/mol. The number of hydrogen-bond donors (Lipinski definition) is 1. The molecule has 0 saturated carbocycles. The molecule has 1 heterocycles. The third kappa shape index (κ3) is 4.26. The molecule has 3 nitrogen and oxygen atoms in total. The average Bonchev–Trinajstić information content (AvgIpc) is 2.70. The zero-order valence-corrected chi connectivity index (χ0v) is 12.7. The van der Waals surface area contributed by atoms with E-state index >= 15 is 0 Å². The normalized spacial score (nSPS) is 15.8. The highest BCUT2D eigenvalue weighted by Gasteiger charge is 2.14. The standard InChI is InChI=1S/C17H26N2O/c1-14-7-8-16(15(2)13-14)9-10-18-17(20)19-11-5-3-4-6-12-19/h7-8,13H,3-6,9-12H2,1-2H3,(H,18,20). The first-order valence-electron chi connectivity index (χ1n) is 7.76. The molecule has 0 spiro atoms. The molecule has 1 aliphatic heterocycles. The van der Waals surface area contributed by atoms with Crippen molar-refractivity contribution in [3.8, 4) is 0 Å². The number of aryl methyl sites for hydroxylation is 2. The zero-order chi connectivity index (χ0) is 14.4. The molecule has 1 aliphatic rings. The van der Waals surface area contributed by atoms with Gasteiger partial charge in [0.2, 0.25) is 0 Å². The Morgan fingerprint density at radius 3 is 2.50 bits per heavy atom. The van der Waals surface area contributed by atoms with Gasteiger partial charge in [0.25, 0.3) is 0 Å². The minimum atomic E-state index is 0.108. The maximum atomic E-state index is 12.1. The van der Waals surface area contributed by atoms with E-state index in [4.69, 9.17) is 0 Å². The van der Waals surface area contributed by atoms with Crippen LogP contribution in [0.1, 0.15) is 42.4 Å². The molecule has 0 atom stereocenters. The fourth-order valence-corrected chi connectivity index (χ4v) is 2.82. The predicted octanol–water partition coefficient (Wildman–Crippen LogP) is 3.43. The highest BCUT2D eigenvalue weighted by atomic mass is 16.2. The molecule has 0 bridgehead atoms. The molecule has 1 saturated heterocycles. The summed E-state index contributed by atoms with van der Waals surface area (Å²) in [4.78, 5) is 14.1. The Morgan fingerprint density at radius 2 is 1.85 bits per heavy atom. The minimum Gasteiger partial charge on any atom is -0.338 e. The van der Waals surface area contributed by atoms with Crippen molar-refractivity contribution in [2.45, 2.75) is 46.0 Å². The summed E-state index contributed by atoms with van der Waals surface area (Å²) >= 11 is 0. The summed E-state index contributed by atoms with van der Waals surface area (Å²) in [7, 11) is 0. The van der Waals surface area contributed by atoms with E-state index in [0.717, 1.165) is 38.9 Å². The van der Waals surface area contributed by atoms with E-state index in [1.54, 1.807) is 0 Å². The van der Waals surface area contributed by atoms with E-state index in [1.165, 1.54) is 29.5 Å². The van der Waals surface area contributed by atoms with E-state index in [0.29, 0.717) is 0 Å². The second-order valence-electron chi connectivity index (χ2n) is 5.81. The van der Waals surface area contributed by atoms with E-state index in [-0.39, 0.29) is 6.03 Å². The van der Waals surface area contributed by atoms with Crippen LogP contribution in [-0.4, -0.2) is 30.6 Å². The van der Waals surface area contributed by atoms with Gasteiger partial charge < -0.3 is 10.2 Å². The zero-order valence-electron chi connectivity index (χ0n) is 12.7. The van der Waals surface area contributed by atoms with Crippen molar-refractivity contribution in [1.82, 2.24) is 10.2 Å². The fourth-order valence-electron chi connectivity index (χ4n) is 2.82. The van der Waals surface area contributed by atoms with Crippen LogP contribution in [-0.2, 0) is 6.42 Å². The fraction of sp³-hybridized carbons (Fsp3) is 0.588. The van der Waals surface area contributed by atoms with Crippen LogP contribution in [0.2, 0.25) is 0 Å². The molecule has 0 aromatic heterocycles. The lowest BCUT2D eigenvalue weighted by atomic mass is 10.0. The Hall–Kier alpha value is -1.51. The van der Waals surface area contributed by atoms with Gasteiger partial charge in [0.05, 0.1) is 0 Å². The number of benzene rings is 1. The largest absolute Gasteiger partial charge is 0.338 e. The Balaban J connectivity index is 1.78. The molecule has 3 heteroatoms. The van der Waals surface area contributed by atoms with Crippen LogP contribution >= 0.6 is 0 Å². The number of hydrogen-bond acceptors (Lipinski definition) is 1. The van der Waals surface area contributed by atoms with Crippen molar-refractivity contribution in [2.24, 2.45) is 0 Å². The Bertz CT molecular complexity index is 448. The molecular formula is C17H26N2O. The first-order valence-corrected chi connectivity index (χ1v) is 7.76. The van der Waals surface area contributed by atoms with Gasteiger partial charge in [0, 0.05) is 19.6 Å². The molecule has 1 N–H and O–H groups in total. The number of nitrogens with zero attached hydrogens (tertiary/aromatic N) is 1. The second kappa shape index (κ2) is 7.32. The van der Waals surface area contributed by atoms with Crippen LogP contribution in [0.5, 0.6) is 0 Å². The number of likely N-dealkylation sites (tertiary alicyclic amines) is 1.